The smallest absolute Gasteiger partial charge is 0.339 e. The first-order valence-corrected chi connectivity index (χ1v) is 4.91. The fourth-order valence-electron chi connectivity index (χ4n) is 1.22. The van der Waals surface area contributed by atoms with Gasteiger partial charge in [-0.05, 0) is 26.8 Å². The highest BCUT2D eigenvalue weighted by atomic mass is 16.6. The minimum Gasteiger partial charge on any atom is -0.487 e. The Labute approximate surface area is 98.0 Å². The number of nitrogens with zero attached hydrogens (tertiary/aromatic N) is 1. The van der Waals surface area contributed by atoms with Gasteiger partial charge in [0.05, 0.1) is 11.0 Å². The predicted molar refractivity (Wildman–Crippen MR) is 60.4 cm³/mol. The van der Waals surface area contributed by atoms with Crippen molar-refractivity contribution in [2.24, 2.45) is 0 Å². The Hall–Kier alpha value is -2.11. The van der Waals surface area contributed by atoms with E-state index in [0.29, 0.717) is 0 Å². The third-order valence-corrected chi connectivity index (χ3v) is 1.82. The van der Waals surface area contributed by atoms with Crippen LogP contribution in [0.2, 0.25) is 0 Å². The van der Waals surface area contributed by atoms with Crippen molar-refractivity contribution < 1.29 is 19.6 Å². The quantitative estimate of drug-likeness (QED) is 0.646. The van der Waals surface area contributed by atoms with E-state index in [9.17, 15) is 14.9 Å². The van der Waals surface area contributed by atoms with E-state index < -0.39 is 16.5 Å². The van der Waals surface area contributed by atoms with Gasteiger partial charge < -0.3 is 9.84 Å². The Kier molecular flexibility index (Phi) is 3.36. The molecule has 0 amide bonds. The number of hydrogen-bond acceptors (Lipinski definition) is 4. The lowest BCUT2D eigenvalue weighted by atomic mass is 10.1. The fraction of sp³-hybridized carbons (Fsp3) is 0.364. The fourth-order valence-corrected chi connectivity index (χ4v) is 1.22. The van der Waals surface area contributed by atoms with Gasteiger partial charge in [0.25, 0.3) is 5.69 Å². The van der Waals surface area contributed by atoms with E-state index in [0.717, 1.165) is 12.1 Å². The van der Waals surface area contributed by atoms with Gasteiger partial charge in [-0.1, -0.05) is 0 Å². The Bertz CT molecular complexity index is 461. The summed E-state index contributed by atoms with van der Waals surface area (Å²) >= 11 is 0. The molecule has 0 aromatic heterocycles. The molecule has 17 heavy (non-hydrogen) atoms. The number of carboxylic acids is 1. The van der Waals surface area contributed by atoms with E-state index in [2.05, 4.69) is 0 Å². The zero-order valence-corrected chi connectivity index (χ0v) is 9.76. The minimum absolute atomic E-state index is 0.000741. The molecule has 0 fully saturated rings. The van der Waals surface area contributed by atoms with Crippen LogP contribution >= 0.6 is 0 Å². The molecule has 0 aliphatic heterocycles. The van der Waals surface area contributed by atoms with E-state index in [4.69, 9.17) is 9.84 Å². The van der Waals surface area contributed by atoms with Crippen LogP contribution in [0, 0.1) is 10.1 Å². The van der Waals surface area contributed by atoms with Crippen molar-refractivity contribution in [1.29, 1.82) is 0 Å². The third-order valence-electron chi connectivity index (χ3n) is 1.82. The number of hydrogen-bond donors (Lipinski definition) is 1. The summed E-state index contributed by atoms with van der Waals surface area (Å²) in [5, 5.41) is 19.5. The summed E-state index contributed by atoms with van der Waals surface area (Å²) in [5.74, 6) is -1.18. The number of ether oxygens (including phenoxy) is 1. The molecule has 1 aromatic rings. The number of carbonyl (C=O) groups is 1. The Balaban J connectivity index is 3.25. The number of non-ortho nitro benzene ring substituents is 1. The maximum atomic E-state index is 10.9. The average molecular weight is 239 g/mol. The molecule has 92 valence electrons. The van der Waals surface area contributed by atoms with E-state index in [1.807, 2.05) is 0 Å². The summed E-state index contributed by atoms with van der Waals surface area (Å²) in [5.41, 5.74) is -0.917. The number of carboxylic acid groups (broad SMARTS) is 1. The molecule has 0 bridgehead atoms. The summed E-state index contributed by atoms with van der Waals surface area (Å²) in [4.78, 5) is 20.9. The number of nitro benzene ring substituents is 1. The Morgan fingerprint density at radius 3 is 2.41 bits per heavy atom. The average Bonchev–Trinajstić information content (AvgIpc) is 2.14. The van der Waals surface area contributed by atoms with Crippen LogP contribution in [0.5, 0.6) is 5.75 Å². The van der Waals surface area contributed by atoms with Crippen molar-refractivity contribution in [1.82, 2.24) is 0 Å². The summed E-state index contributed by atoms with van der Waals surface area (Å²) in [6.07, 6.45) is 0. The molecule has 1 rings (SSSR count). The first-order valence-electron chi connectivity index (χ1n) is 4.91. The highest BCUT2D eigenvalue weighted by Gasteiger charge is 2.21. The van der Waals surface area contributed by atoms with E-state index >= 15 is 0 Å². The minimum atomic E-state index is -1.18. The van der Waals surface area contributed by atoms with Crippen molar-refractivity contribution >= 4 is 11.7 Å². The van der Waals surface area contributed by atoms with Crippen LogP contribution in [0.25, 0.3) is 0 Å². The lowest BCUT2D eigenvalue weighted by Crippen LogP contribution is -2.24. The lowest BCUT2D eigenvalue weighted by Gasteiger charge is -2.22. The molecule has 0 spiro atoms. The van der Waals surface area contributed by atoms with Gasteiger partial charge in [-0.15, -0.1) is 0 Å². The number of rotatable bonds is 3. The van der Waals surface area contributed by atoms with Crippen LogP contribution in [-0.2, 0) is 0 Å². The van der Waals surface area contributed by atoms with Crippen LogP contribution < -0.4 is 4.74 Å². The molecule has 0 saturated heterocycles. The van der Waals surface area contributed by atoms with Crippen molar-refractivity contribution in [2.75, 3.05) is 0 Å². The molecular formula is C11H13NO5. The molecule has 0 atom stereocenters. The van der Waals surface area contributed by atoms with Gasteiger partial charge in [-0.25, -0.2) is 4.79 Å². The second-order valence-corrected chi connectivity index (χ2v) is 4.46. The maximum absolute atomic E-state index is 10.9. The summed E-state index contributed by atoms with van der Waals surface area (Å²) < 4.78 is 5.40. The summed E-state index contributed by atoms with van der Waals surface area (Å²) in [6.45, 7) is 5.20. The van der Waals surface area contributed by atoms with E-state index in [1.54, 1.807) is 20.8 Å². The van der Waals surface area contributed by atoms with Gasteiger partial charge in [0.1, 0.15) is 16.9 Å². The van der Waals surface area contributed by atoms with Crippen molar-refractivity contribution in [3.63, 3.8) is 0 Å². The first kappa shape index (κ1) is 13.0. The summed E-state index contributed by atoms with van der Waals surface area (Å²) in [7, 11) is 0. The van der Waals surface area contributed by atoms with Gasteiger partial charge in [-0.3, -0.25) is 10.1 Å². The van der Waals surface area contributed by atoms with Crippen LogP contribution in [-0.4, -0.2) is 21.6 Å². The molecule has 6 heteroatoms. The first-order chi connectivity index (χ1) is 7.70. The van der Waals surface area contributed by atoms with Gasteiger partial charge in [0, 0.05) is 6.07 Å². The normalized spacial score (nSPS) is 11.0. The Morgan fingerprint density at radius 1 is 1.41 bits per heavy atom. The van der Waals surface area contributed by atoms with Gasteiger partial charge in [0.2, 0.25) is 0 Å². The topological polar surface area (TPSA) is 89.7 Å². The van der Waals surface area contributed by atoms with Gasteiger partial charge in [-0.2, -0.15) is 0 Å². The highest BCUT2D eigenvalue weighted by molar-refractivity contribution is 5.91. The Morgan fingerprint density at radius 2 is 2.00 bits per heavy atom. The van der Waals surface area contributed by atoms with Gasteiger partial charge >= 0.3 is 5.97 Å². The van der Waals surface area contributed by atoms with Crippen LogP contribution in [0.1, 0.15) is 31.1 Å². The second kappa shape index (κ2) is 4.40. The molecule has 0 saturated carbocycles. The third kappa shape index (κ3) is 3.44. The van der Waals surface area contributed by atoms with Crippen molar-refractivity contribution in [3.8, 4) is 5.75 Å². The molecule has 6 nitrogen and oxygen atoms in total. The van der Waals surface area contributed by atoms with Crippen LogP contribution in [0.15, 0.2) is 18.2 Å². The molecule has 1 N–H and O–H groups in total. The molecule has 0 aliphatic carbocycles. The molecular weight excluding hydrogens is 226 g/mol. The lowest BCUT2D eigenvalue weighted by molar-refractivity contribution is -0.385. The van der Waals surface area contributed by atoms with Crippen LogP contribution in [0.4, 0.5) is 5.69 Å². The van der Waals surface area contributed by atoms with E-state index in [1.165, 1.54) is 6.07 Å². The second-order valence-electron chi connectivity index (χ2n) is 4.46. The molecule has 0 unspecified atom stereocenters. The monoisotopic (exact) mass is 239 g/mol. The standard InChI is InChI=1S/C11H13NO5/c1-11(2,3)17-9-6-7(12(15)16)4-5-8(9)10(13)14/h4-6H,1-3H3,(H,13,14). The van der Waals surface area contributed by atoms with Gasteiger partial charge in [0.15, 0.2) is 0 Å². The molecule has 0 radical (unpaired) electrons. The van der Waals surface area contributed by atoms with Crippen molar-refractivity contribution in [2.45, 2.75) is 26.4 Å². The highest BCUT2D eigenvalue weighted by Crippen LogP contribution is 2.28. The maximum Gasteiger partial charge on any atom is 0.339 e. The van der Waals surface area contributed by atoms with Crippen LogP contribution in [0.3, 0.4) is 0 Å². The number of benzene rings is 1. The molecule has 0 heterocycles. The molecule has 1 aromatic carbocycles. The number of nitro groups is 1. The largest absolute Gasteiger partial charge is 0.487 e. The summed E-state index contributed by atoms with van der Waals surface area (Å²) in [6, 6.07) is 3.43. The molecule has 0 aliphatic rings. The zero-order valence-electron chi connectivity index (χ0n) is 9.76. The SMILES string of the molecule is CC(C)(C)Oc1cc([N+](=O)[O-])ccc1C(=O)O. The predicted octanol–water partition coefficient (Wildman–Crippen LogP) is 2.47. The van der Waals surface area contributed by atoms with Crippen molar-refractivity contribution in [3.05, 3.63) is 33.9 Å². The van der Waals surface area contributed by atoms with E-state index in [-0.39, 0.29) is 17.0 Å². The zero-order chi connectivity index (χ0) is 13.2. The number of aromatic carboxylic acids is 1.